The largest absolute Gasteiger partial charge is 0.350 e. The van der Waals surface area contributed by atoms with Gasteiger partial charge in [0.1, 0.15) is 0 Å². The molecule has 3 saturated carbocycles. The van der Waals surface area contributed by atoms with Crippen LogP contribution >= 0.6 is 0 Å². The second-order valence-electron chi connectivity index (χ2n) is 5.58. The molecule has 0 radical (unpaired) electrons. The predicted molar refractivity (Wildman–Crippen MR) is 59.5 cm³/mol. The van der Waals surface area contributed by atoms with E-state index in [-0.39, 0.29) is 0 Å². The Hall–Kier alpha value is -1.32. The van der Waals surface area contributed by atoms with Crippen LogP contribution in [-0.2, 0) is 0 Å². The number of carbonyl (C=O) groups is 1. The minimum absolute atomic E-state index is 0.554. The van der Waals surface area contributed by atoms with Gasteiger partial charge in [-0.15, -0.1) is 0 Å². The molecule has 4 nitrogen and oxygen atoms in total. The molecular formula is C12H15N3O. The lowest BCUT2D eigenvalue weighted by Crippen LogP contribution is -2.28. The van der Waals surface area contributed by atoms with Crippen molar-refractivity contribution in [1.29, 1.82) is 0 Å². The normalized spacial score (nSPS) is 52.9. The van der Waals surface area contributed by atoms with Crippen LogP contribution in [0.25, 0.3) is 0 Å². The molecule has 4 aliphatic rings. The van der Waals surface area contributed by atoms with Gasteiger partial charge in [0, 0.05) is 11.6 Å². The molecule has 3 N–H and O–H groups in total. The molecule has 0 aromatic rings. The molecule has 0 spiro atoms. The standard InChI is InChI=1S/C12H15N3O/c13-12(16)15-14-10-4-8-5-1-2-6-7(5)3-9(8)11(6)10/h1-2,5-9,11H,3-4H2,(H3,13,15,16)/b14-10-. The fraction of sp³-hybridized carbons (Fsp3) is 0.667. The topological polar surface area (TPSA) is 67.5 Å². The number of fused-ring (bicyclic) bond motifs is 2. The summed E-state index contributed by atoms with van der Waals surface area (Å²) in [6.45, 7) is 0. The fourth-order valence-corrected chi connectivity index (χ4v) is 4.81. The Morgan fingerprint density at radius 3 is 2.94 bits per heavy atom. The monoisotopic (exact) mass is 217 g/mol. The average molecular weight is 217 g/mol. The first-order valence-corrected chi connectivity index (χ1v) is 6.06. The summed E-state index contributed by atoms with van der Waals surface area (Å²) in [4.78, 5) is 10.7. The summed E-state index contributed by atoms with van der Waals surface area (Å²) in [6, 6.07) is -0.554. The second kappa shape index (κ2) is 2.67. The van der Waals surface area contributed by atoms with Gasteiger partial charge in [-0.2, -0.15) is 5.10 Å². The minimum Gasteiger partial charge on any atom is -0.350 e. The smallest absolute Gasteiger partial charge is 0.332 e. The van der Waals surface area contributed by atoms with E-state index in [2.05, 4.69) is 22.7 Å². The number of allylic oxidation sites excluding steroid dienone is 2. The highest BCUT2D eigenvalue weighted by Gasteiger charge is 2.63. The summed E-state index contributed by atoms with van der Waals surface area (Å²) in [6.07, 6.45) is 7.25. The highest BCUT2D eigenvalue weighted by molar-refractivity contribution is 5.92. The lowest BCUT2D eigenvalue weighted by Gasteiger charge is -2.25. The maximum Gasteiger partial charge on any atom is 0.332 e. The van der Waals surface area contributed by atoms with E-state index in [1.807, 2.05) is 0 Å². The average Bonchev–Trinajstić information content (AvgIpc) is 2.80. The molecule has 0 aliphatic heterocycles. The maximum absolute atomic E-state index is 10.7. The Bertz CT molecular complexity index is 428. The summed E-state index contributed by atoms with van der Waals surface area (Å²) in [7, 11) is 0. The van der Waals surface area contributed by atoms with Crippen molar-refractivity contribution in [3.63, 3.8) is 0 Å². The van der Waals surface area contributed by atoms with Crippen molar-refractivity contribution in [2.24, 2.45) is 46.3 Å². The van der Waals surface area contributed by atoms with E-state index in [0.29, 0.717) is 11.8 Å². The van der Waals surface area contributed by atoms with Crippen molar-refractivity contribution in [3.05, 3.63) is 12.2 Å². The Labute approximate surface area is 94.0 Å². The van der Waals surface area contributed by atoms with Gasteiger partial charge in [-0.1, -0.05) is 12.2 Å². The zero-order valence-electron chi connectivity index (χ0n) is 8.97. The van der Waals surface area contributed by atoms with E-state index in [4.69, 9.17) is 5.73 Å². The first-order chi connectivity index (χ1) is 7.75. The van der Waals surface area contributed by atoms with Crippen molar-refractivity contribution in [2.45, 2.75) is 12.8 Å². The van der Waals surface area contributed by atoms with Gasteiger partial charge in [0.05, 0.1) is 0 Å². The first-order valence-electron chi connectivity index (χ1n) is 6.06. The van der Waals surface area contributed by atoms with E-state index in [0.717, 1.165) is 30.1 Å². The van der Waals surface area contributed by atoms with Crippen molar-refractivity contribution in [1.82, 2.24) is 5.43 Å². The molecule has 6 unspecified atom stereocenters. The number of urea groups is 1. The fourth-order valence-electron chi connectivity index (χ4n) is 4.81. The number of nitrogens with zero attached hydrogens (tertiary/aromatic N) is 1. The van der Waals surface area contributed by atoms with Crippen molar-refractivity contribution >= 4 is 11.7 Å². The number of carbonyl (C=O) groups excluding carboxylic acids is 1. The molecular weight excluding hydrogens is 202 g/mol. The molecule has 3 fully saturated rings. The van der Waals surface area contributed by atoms with Crippen LogP contribution in [-0.4, -0.2) is 11.7 Å². The quantitative estimate of drug-likeness (QED) is 0.501. The highest BCUT2D eigenvalue weighted by atomic mass is 16.2. The van der Waals surface area contributed by atoms with Crippen molar-refractivity contribution in [3.8, 4) is 0 Å². The molecule has 4 aliphatic carbocycles. The van der Waals surface area contributed by atoms with Crippen molar-refractivity contribution in [2.75, 3.05) is 0 Å². The Kier molecular flexibility index (Phi) is 1.47. The predicted octanol–water partition coefficient (Wildman–Crippen LogP) is 1.10. The molecule has 4 heteroatoms. The number of rotatable bonds is 1. The van der Waals surface area contributed by atoms with Crippen LogP contribution in [0.15, 0.2) is 17.3 Å². The first kappa shape index (κ1) is 8.79. The van der Waals surface area contributed by atoms with E-state index in [1.54, 1.807) is 0 Å². The number of primary amides is 1. The van der Waals surface area contributed by atoms with Crippen LogP contribution in [0.1, 0.15) is 12.8 Å². The summed E-state index contributed by atoms with van der Waals surface area (Å²) >= 11 is 0. The third-order valence-corrected chi connectivity index (χ3v) is 5.15. The van der Waals surface area contributed by atoms with Gasteiger partial charge in [0.15, 0.2) is 0 Å². The summed E-state index contributed by atoms with van der Waals surface area (Å²) in [5, 5.41) is 4.22. The molecule has 0 aromatic heterocycles. The van der Waals surface area contributed by atoms with Crippen LogP contribution in [0.2, 0.25) is 0 Å². The van der Waals surface area contributed by atoms with Gasteiger partial charge in [0.25, 0.3) is 0 Å². The number of nitrogens with one attached hydrogen (secondary N) is 1. The van der Waals surface area contributed by atoms with Crippen molar-refractivity contribution < 1.29 is 4.79 Å². The molecule has 16 heavy (non-hydrogen) atoms. The maximum atomic E-state index is 10.7. The third kappa shape index (κ3) is 0.867. The molecule has 0 aromatic carbocycles. The Balaban J connectivity index is 1.69. The van der Waals surface area contributed by atoms with Gasteiger partial charge in [-0.05, 0) is 42.4 Å². The number of nitrogens with two attached hydrogens (primary N) is 1. The van der Waals surface area contributed by atoms with Gasteiger partial charge >= 0.3 is 6.03 Å². The van der Waals surface area contributed by atoms with Crippen LogP contribution in [0.4, 0.5) is 4.79 Å². The number of hydrazone groups is 1. The van der Waals surface area contributed by atoms with Gasteiger partial charge in [-0.25, -0.2) is 10.2 Å². The van der Waals surface area contributed by atoms with E-state index >= 15 is 0 Å². The molecule has 4 rings (SSSR count). The zero-order chi connectivity index (χ0) is 10.9. The molecule has 0 saturated heterocycles. The van der Waals surface area contributed by atoms with Gasteiger partial charge in [0.2, 0.25) is 0 Å². The van der Waals surface area contributed by atoms with Crippen LogP contribution in [0.3, 0.4) is 0 Å². The van der Waals surface area contributed by atoms with Crippen LogP contribution in [0, 0.1) is 35.5 Å². The Morgan fingerprint density at radius 2 is 2.12 bits per heavy atom. The number of hydrogen-bond acceptors (Lipinski definition) is 2. The summed E-state index contributed by atoms with van der Waals surface area (Å²) in [5.41, 5.74) is 8.65. The summed E-state index contributed by atoms with van der Waals surface area (Å²) in [5.74, 6) is 4.58. The lowest BCUT2D eigenvalue weighted by molar-refractivity contribution is 0.249. The van der Waals surface area contributed by atoms with Gasteiger partial charge < -0.3 is 5.73 Å². The van der Waals surface area contributed by atoms with E-state index < -0.39 is 6.03 Å². The van der Waals surface area contributed by atoms with Crippen LogP contribution < -0.4 is 11.2 Å². The Morgan fingerprint density at radius 1 is 1.31 bits per heavy atom. The number of hydrogen-bond donors (Lipinski definition) is 2. The summed E-state index contributed by atoms with van der Waals surface area (Å²) < 4.78 is 0. The molecule has 2 amide bonds. The molecule has 2 bridgehead atoms. The van der Waals surface area contributed by atoms with Gasteiger partial charge in [-0.3, -0.25) is 0 Å². The highest BCUT2D eigenvalue weighted by Crippen LogP contribution is 2.67. The second-order valence-corrected chi connectivity index (χ2v) is 5.58. The minimum atomic E-state index is -0.554. The number of amides is 2. The SMILES string of the molecule is NC(=O)N/N=C1/CC2C3C=CC4C3CC2C14. The molecule has 84 valence electrons. The zero-order valence-corrected chi connectivity index (χ0v) is 8.97. The molecule has 0 heterocycles. The third-order valence-electron chi connectivity index (χ3n) is 5.15. The lowest BCUT2D eigenvalue weighted by atomic mass is 9.79. The van der Waals surface area contributed by atoms with Crippen LogP contribution in [0.5, 0.6) is 0 Å². The van der Waals surface area contributed by atoms with E-state index in [9.17, 15) is 4.79 Å². The van der Waals surface area contributed by atoms with E-state index in [1.165, 1.54) is 12.1 Å². The molecule has 6 atom stereocenters.